The quantitative estimate of drug-likeness (QED) is 0.728. The summed E-state index contributed by atoms with van der Waals surface area (Å²) in [5.41, 5.74) is 1.19. The average molecular weight is 317 g/mol. The monoisotopic (exact) mass is 317 g/mol. The number of hydrogen-bond donors (Lipinski definition) is 1. The highest BCUT2D eigenvalue weighted by Gasteiger charge is 2.36. The molecule has 1 unspecified atom stereocenters. The smallest absolute Gasteiger partial charge is 0.282 e. The van der Waals surface area contributed by atoms with E-state index in [4.69, 9.17) is 4.74 Å². The van der Waals surface area contributed by atoms with Gasteiger partial charge < -0.3 is 10.1 Å². The van der Waals surface area contributed by atoms with Gasteiger partial charge in [0.1, 0.15) is 0 Å². The third-order valence-corrected chi connectivity index (χ3v) is 6.29. The maximum absolute atomic E-state index is 12.9. The van der Waals surface area contributed by atoms with Crippen LogP contribution in [0.1, 0.15) is 25.7 Å². The van der Waals surface area contributed by atoms with Crippen molar-refractivity contribution < 1.29 is 13.2 Å². The second-order valence-corrected chi connectivity index (χ2v) is 7.61. The van der Waals surface area contributed by atoms with Crippen molar-refractivity contribution in [1.82, 2.24) is 13.9 Å². The SMILES string of the molecule is CNCC1CCCCN1S(=O)(=O)N1CC=C(COC)CC1. The Labute approximate surface area is 128 Å². The van der Waals surface area contributed by atoms with Gasteiger partial charge in [0.05, 0.1) is 6.61 Å². The van der Waals surface area contributed by atoms with Crippen molar-refractivity contribution in [2.45, 2.75) is 31.7 Å². The number of nitrogens with zero attached hydrogens (tertiary/aromatic N) is 2. The lowest BCUT2D eigenvalue weighted by atomic mass is 10.1. The zero-order valence-electron chi connectivity index (χ0n) is 13.0. The van der Waals surface area contributed by atoms with Gasteiger partial charge in [-0.15, -0.1) is 0 Å². The molecule has 0 amide bonds. The summed E-state index contributed by atoms with van der Waals surface area (Å²) in [7, 11) is 0.188. The molecule has 6 nitrogen and oxygen atoms in total. The molecule has 1 N–H and O–H groups in total. The van der Waals surface area contributed by atoms with Gasteiger partial charge >= 0.3 is 0 Å². The molecule has 7 heteroatoms. The van der Waals surface area contributed by atoms with Crippen LogP contribution in [-0.2, 0) is 14.9 Å². The Balaban J connectivity index is 2.06. The molecule has 122 valence electrons. The molecule has 0 bridgehead atoms. The zero-order chi connectivity index (χ0) is 15.3. The van der Waals surface area contributed by atoms with E-state index in [2.05, 4.69) is 5.32 Å². The van der Waals surface area contributed by atoms with Crippen molar-refractivity contribution in [1.29, 1.82) is 0 Å². The summed E-state index contributed by atoms with van der Waals surface area (Å²) in [5.74, 6) is 0. The summed E-state index contributed by atoms with van der Waals surface area (Å²) >= 11 is 0. The Hall–Kier alpha value is -0.470. The largest absolute Gasteiger partial charge is 0.380 e. The fourth-order valence-electron chi connectivity index (χ4n) is 3.08. The molecule has 1 atom stereocenters. The van der Waals surface area contributed by atoms with Crippen LogP contribution < -0.4 is 5.32 Å². The molecule has 1 saturated heterocycles. The lowest BCUT2D eigenvalue weighted by molar-refractivity contribution is 0.213. The first kappa shape index (κ1) is 16.9. The van der Waals surface area contributed by atoms with Gasteiger partial charge in [-0.3, -0.25) is 0 Å². The topological polar surface area (TPSA) is 61.9 Å². The zero-order valence-corrected chi connectivity index (χ0v) is 13.9. The summed E-state index contributed by atoms with van der Waals surface area (Å²) in [6, 6.07) is 0.0816. The fourth-order valence-corrected chi connectivity index (χ4v) is 4.88. The van der Waals surface area contributed by atoms with Crippen LogP contribution >= 0.6 is 0 Å². The van der Waals surface area contributed by atoms with E-state index >= 15 is 0 Å². The molecule has 0 radical (unpaired) electrons. The molecule has 1 fully saturated rings. The number of methoxy groups -OCH3 is 1. The van der Waals surface area contributed by atoms with Crippen molar-refractivity contribution >= 4 is 10.2 Å². The predicted molar refractivity (Wildman–Crippen MR) is 83.3 cm³/mol. The summed E-state index contributed by atoms with van der Waals surface area (Å²) in [6.45, 7) is 2.97. The van der Waals surface area contributed by atoms with Crippen molar-refractivity contribution in [3.63, 3.8) is 0 Å². The van der Waals surface area contributed by atoms with Crippen molar-refractivity contribution in [2.75, 3.05) is 46.9 Å². The molecule has 0 aromatic rings. The van der Waals surface area contributed by atoms with E-state index in [0.29, 0.717) is 26.2 Å². The van der Waals surface area contributed by atoms with Gasteiger partial charge in [-0.2, -0.15) is 17.0 Å². The first-order chi connectivity index (χ1) is 10.1. The molecule has 0 aromatic heterocycles. The van der Waals surface area contributed by atoms with Gasteiger partial charge in [0.25, 0.3) is 10.2 Å². The van der Waals surface area contributed by atoms with Crippen LogP contribution in [0.4, 0.5) is 0 Å². The van der Waals surface area contributed by atoms with Crippen LogP contribution in [0.5, 0.6) is 0 Å². The van der Waals surface area contributed by atoms with Gasteiger partial charge in [-0.05, 0) is 31.9 Å². The highest BCUT2D eigenvalue weighted by Crippen LogP contribution is 2.24. The Morgan fingerprint density at radius 3 is 2.81 bits per heavy atom. The standard InChI is InChI=1S/C14H27N3O3S/c1-15-11-14-5-3-4-8-17(14)21(18,19)16-9-6-13(7-10-16)12-20-2/h6,14-15H,3-5,7-12H2,1-2H3. The first-order valence-corrected chi connectivity index (χ1v) is 9.07. The molecule has 2 rings (SSSR count). The highest BCUT2D eigenvalue weighted by atomic mass is 32.2. The molecule has 2 aliphatic heterocycles. The van der Waals surface area contributed by atoms with E-state index in [9.17, 15) is 8.42 Å². The number of ether oxygens (including phenoxy) is 1. The van der Waals surface area contributed by atoms with Crippen LogP contribution in [0, 0.1) is 0 Å². The number of hydrogen-bond acceptors (Lipinski definition) is 4. The Kier molecular flexibility index (Phi) is 6.19. The number of piperidine rings is 1. The second kappa shape index (κ2) is 7.69. The normalized spacial score (nSPS) is 25.8. The van der Waals surface area contributed by atoms with Gasteiger partial charge in [0.15, 0.2) is 0 Å². The highest BCUT2D eigenvalue weighted by molar-refractivity contribution is 7.86. The van der Waals surface area contributed by atoms with Crippen LogP contribution in [0.3, 0.4) is 0 Å². The molecule has 21 heavy (non-hydrogen) atoms. The third kappa shape index (κ3) is 4.04. The maximum atomic E-state index is 12.9. The van der Waals surface area contributed by atoms with E-state index in [1.54, 1.807) is 15.7 Å². The summed E-state index contributed by atoms with van der Waals surface area (Å²) in [6.07, 6.45) is 5.76. The van der Waals surface area contributed by atoms with Gasteiger partial charge in [-0.1, -0.05) is 12.5 Å². The van der Waals surface area contributed by atoms with Crippen molar-refractivity contribution in [2.24, 2.45) is 0 Å². The summed E-state index contributed by atoms with van der Waals surface area (Å²) in [5, 5.41) is 3.11. The minimum atomic E-state index is -3.35. The lowest BCUT2D eigenvalue weighted by Gasteiger charge is -2.38. The number of likely N-dealkylation sites (N-methyl/N-ethyl adjacent to an activating group) is 1. The number of nitrogens with one attached hydrogen (secondary N) is 1. The summed E-state index contributed by atoms with van der Waals surface area (Å²) < 4.78 is 34.1. The molecule has 0 aromatic carbocycles. The van der Waals surface area contributed by atoms with E-state index in [1.807, 2.05) is 13.1 Å². The average Bonchev–Trinajstić information content (AvgIpc) is 2.49. The minimum Gasteiger partial charge on any atom is -0.380 e. The first-order valence-electron chi connectivity index (χ1n) is 7.68. The Bertz CT molecular complexity index is 462. The van der Waals surface area contributed by atoms with Crippen LogP contribution in [-0.4, -0.2) is 70.0 Å². The van der Waals surface area contributed by atoms with Crippen LogP contribution in [0.15, 0.2) is 11.6 Å². The predicted octanol–water partition coefficient (Wildman–Crippen LogP) is 0.584. The van der Waals surface area contributed by atoms with Gasteiger partial charge in [0, 0.05) is 39.3 Å². The molecule has 0 aliphatic carbocycles. The minimum absolute atomic E-state index is 0.0816. The van der Waals surface area contributed by atoms with Gasteiger partial charge in [-0.25, -0.2) is 0 Å². The second-order valence-electron chi connectivity index (χ2n) is 5.73. The van der Waals surface area contributed by atoms with E-state index in [1.165, 1.54) is 5.57 Å². The van der Waals surface area contributed by atoms with Crippen molar-refractivity contribution in [3.8, 4) is 0 Å². The van der Waals surface area contributed by atoms with Crippen molar-refractivity contribution in [3.05, 3.63) is 11.6 Å². The molecular formula is C14H27N3O3S. The molecular weight excluding hydrogens is 290 g/mol. The molecule has 2 aliphatic rings. The molecule has 2 heterocycles. The third-order valence-electron chi connectivity index (χ3n) is 4.23. The Morgan fingerprint density at radius 2 is 2.19 bits per heavy atom. The summed E-state index contributed by atoms with van der Waals surface area (Å²) in [4.78, 5) is 0. The fraction of sp³-hybridized carbons (Fsp3) is 0.857. The van der Waals surface area contributed by atoms with Crippen LogP contribution in [0.25, 0.3) is 0 Å². The van der Waals surface area contributed by atoms with E-state index < -0.39 is 10.2 Å². The van der Waals surface area contributed by atoms with E-state index in [-0.39, 0.29) is 6.04 Å². The van der Waals surface area contributed by atoms with E-state index in [0.717, 1.165) is 32.2 Å². The molecule has 0 spiro atoms. The maximum Gasteiger partial charge on any atom is 0.282 e. The number of rotatable bonds is 6. The van der Waals surface area contributed by atoms with Crippen LogP contribution in [0.2, 0.25) is 0 Å². The van der Waals surface area contributed by atoms with Gasteiger partial charge in [0.2, 0.25) is 0 Å². The Morgan fingerprint density at radius 1 is 1.38 bits per heavy atom. The lowest BCUT2D eigenvalue weighted by Crippen LogP contribution is -2.54. The molecule has 0 saturated carbocycles.